The van der Waals surface area contributed by atoms with Crippen LogP contribution in [0.1, 0.15) is 23.2 Å². The van der Waals surface area contributed by atoms with Crippen LogP contribution in [0.25, 0.3) is 0 Å². The first-order valence-electron chi connectivity index (χ1n) is 3.93. The predicted molar refractivity (Wildman–Crippen MR) is 48.9 cm³/mol. The maximum Gasteiger partial charge on any atom is 0.289 e. The number of hydrogen-bond acceptors (Lipinski definition) is 3. The quantitative estimate of drug-likeness (QED) is 0.753. The molecule has 13 heavy (non-hydrogen) atoms. The maximum atomic E-state index is 11.3. The Bertz CT molecular complexity index is 296. The van der Waals surface area contributed by atoms with E-state index in [-0.39, 0.29) is 17.0 Å². The van der Waals surface area contributed by atoms with Crippen molar-refractivity contribution in [1.82, 2.24) is 10.3 Å². The molecule has 1 aromatic heterocycles. The molecule has 1 atom stereocenters. The van der Waals surface area contributed by atoms with Crippen molar-refractivity contribution in [2.75, 3.05) is 6.54 Å². The average Bonchev–Trinajstić information content (AvgIpc) is 2.47. The molecule has 5 heteroatoms. The molecule has 0 aliphatic carbocycles. The molecular weight excluding hydrogens is 192 g/mol. The summed E-state index contributed by atoms with van der Waals surface area (Å²) >= 11 is 5.66. The molecule has 1 aromatic rings. The molecule has 0 radical (unpaired) electrons. The number of carbonyl (C=O) groups is 1. The highest BCUT2D eigenvalue weighted by Gasteiger charge is 2.13. The Labute approximate surface area is 81.3 Å². The van der Waals surface area contributed by atoms with Gasteiger partial charge in [-0.25, -0.2) is 4.98 Å². The second kappa shape index (κ2) is 4.28. The first-order chi connectivity index (χ1) is 6.11. The van der Waals surface area contributed by atoms with Crippen LogP contribution in [0.4, 0.5) is 0 Å². The van der Waals surface area contributed by atoms with Crippen LogP contribution in [0.5, 0.6) is 0 Å². The summed E-state index contributed by atoms with van der Waals surface area (Å²) in [5.41, 5.74) is 0.583. The Morgan fingerprint density at radius 1 is 1.85 bits per heavy atom. The van der Waals surface area contributed by atoms with Gasteiger partial charge >= 0.3 is 0 Å². The fourth-order valence-corrected chi connectivity index (χ4v) is 0.911. The summed E-state index contributed by atoms with van der Waals surface area (Å²) in [6.07, 6.45) is 1.24. The van der Waals surface area contributed by atoms with Gasteiger partial charge in [-0.2, -0.15) is 0 Å². The van der Waals surface area contributed by atoms with Crippen LogP contribution in [0.15, 0.2) is 10.8 Å². The van der Waals surface area contributed by atoms with Crippen LogP contribution < -0.4 is 5.32 Å². The zero-order valence-corrected chi connectivity index (χ0v) is 8.26. The summed E-state index contributed by atoms with van der Waals surface area (Å²) in [5, 5.41) is 2.53. The van der Waals surface area contributed by atoms with Crippen LogP contribution in [-0.4, -0.2) is 22.8 Å². The monoisotopic (exact) mass is 202 g/mol. The molecule has 0 aliphatic heterocycles. The molecule has 4 nitrogen and oxygen atoms in total. The number of rotatable bonds is 3. The first-order valence-corrected chi connectivity index (χ1v) is 4.37. The number of aryl methyl sites for hydroxylation is 1. The number of hydrogen-bond donors (Lipinski definition) is 1. The van der Waals surface area contributed by atoms with Gasteiger partial charge in [-0.15, -0.1) is 11.6 Å². The second-order valence-electron chi connectivity index (χ2n) is 2.76. The number of carbonyl (C=O) groups excluding carboxylic acids is 1. The van der Waals surface area contributed by atoms with Gasteiger partial charge in [-0.05, 0) is 13.8 Å². The Hall–Kier alpha value is -1.03. The number of aromatic nitrogens is 1. The molecule has 0 saturated carbocycles. The Kier molecular flexibility index (Phi) is 3.31. The van der Waals surface area contributed by atoms with Crippen molar-refractivity contribution >= 4 is 17.5 Å². The van der Waals surface area contributed by atoms with Crippen LogP contribution in [0.2, 0.25) is 0 Å². The van der Waals surface area contributed by atoms with Gasteiger partial charge in [-0.1, -0.05) is 0 Å². The molecule has 0 bridgehead atoms. The molecule has 1 rings (SSSR count). The molecule has 1 unspecified atom stereocenters. The molecule has 0 aliphatic rings. The number of oxazole rings is 1. The standard InChI is InChI=1S/C8H11ClN2O2/c1-5(9)3-10-8(12)7-6(2)11-4-13-7/h4-5H,3H2,1-2H3,(H,10,12). The smallest absolute Gasteiger partial charge is 0.289 e. The van der Waals surface area contributed by atoms with Crippen molar-refractivity contribution in [2.24, 2.45) is 0 Å². The van der Waals surface area contributed by atoms with Crippen molar-refractivity contribution in [3.8, 4) is 0 Å². The van der Waals surface area contributed by atoms with E-state index in [9.17, 15) is 4.79 Å². The third kappa shape index (κ3) is 2.73. The number of nitrogens with zero attached hydrogens (tertiary/aromatic N) is 1. The van der Waals surface area contributed by atoms with Gasteiger partial charge in [0.1, 0.15) is 0 Å². The van der Waals surface area contributed by atoms with Crippen LogP contribution in [-0.2, 0) is 0 Å². The van der Waals surface area contributed by atoms with E-state index in [2.05, 4.69) is 10.3 Å². The summed E-state index contributed by atoms with van der Waals surface area (Å²) in [4.78, 5) is 15.1. The van der Waals surface area contributed by atoms with E-state index in [1.54, 1.807) is 13.8 Å². The van der Waals surface area contributed by atoms with Crippen molar-refractivity contribution in [3.63, 3.8) is 0 Å². The number of nitrogens with one attached hydrogen (secondary N) is 1. The minimum atomic E-state index is -0.275. The highest BCUT2D eigenvalue weighted by Crippen LogP contribution is 2.04. The zero-order valence-electron chi connectivity index (χ0n) is 7.50. The largest absolute Gasteiger partial charge is 0.438 e. The number of halogens is 1. The minimum Gasteiger partial charge on any atom is -0.438 e. The van der Waals surface area contributed by atoms with Crippen LogP contribution >= 0.6 is 11.6 Å². The topological polar surface area (TPSA) is 55.1 Å². The van der Waals surface area contributed by atoms with E-state index < -0.39 is 0 Å². The first kappa shape index (κ1) is 10.1. The lowest BCUT2D eigenvalue weighted by molar-refractivity contribution is 0.0925. The van der Waals surface area contributed by atoms with E-state index in [4.69, 9.17) is 16.0 Å². The van der Waals surface area contributed by atoms with E-state index in [1.165, 1.54) is 6.39 Å². The Morgan fingerprint density at radius 2 is 2.54 bits per heavy atom. The van der Waals surface area contributed by atoms with Crippen molar-refractivity contribution in [2.45, 2.75) is 19.2 Å². The van der Waals surface area contributed by atoms with Gasteiger partial charge in [0.25, 0.3) is 5.91 Å². The van der Waals surface area contributed by atoms with E-state index >= 15 is 0 Å². The fraction of sp³-hybridized carbons (Fsp3) is 0.500. The number of amides is 1. The molecule has 0 spiro atoms. The van der Waals surface area contributed by atoms with Gasteiger partial charge in [0, 0.05) is 11.9 Å². The van der Waals surface area contributed by atoms with Gasteiger partial charge in [-0.3, -0.25) is 4.79 Å². The highest BCUT2D eigenvalue weighted by molar-refractivity contribution is 6.20. The van der Waals surface area contributed by atoms with Crippen LogP contribution in [0, 0.1) is 6.92 Å². The van der Waals surface area contributed by atoms with Gasteiger partial charge in [0.05, 0.1) is 5.69 Å². The minimum absolute atomic E-state index is 0.0906. The highest BCUT2D eigenvalue weighted by atomic mass is 35.5. The molecule has 0 fully saturated rings. The zero-order chi connectivity index (χ0) is 9.84. The molecule has 0 saturated heterocycles. The maximum absolute atomic E-state index is 11.3. The molecule has 72 valence electrons. The van der Waals surface area contributed by atoms with Crippen LogP contribution in [0.3, 0.4) is 0 Å². The molecular formula is C8H11ClN2O2. The third-order valence-corrected chi connectivity index (χ3v) is 1.65. The third-order valence-electron chi connectivity index (χ3n) is 1.50. The lowest BCUT2D eigenvalue weighted by atomic mass is 10.3. The van der Waals surface area contributed by atoms with E-state index in [0.29, 0.717) is 12.2 Å². The molecule has 1 amide bonds. The average molecular weight is 203 g/mol. The van der Waals surface area contributed by atoms with Gasteiger partial charge in [0.2, 0.25) is 5.76 Å². The van der Waals surface area contributed by atoms with Crippen molar-refractivity contribution < 1.29 is 9.21 Å². The second-order valence-corrected chi connectivity index (χ2v) is 3.50. The van der Waals surface area contributed by atoms with E-state index in [1.807, 2.05) is 0 Å². The fourth-order valence-electron chi connectivity index (χ4n) is 0.833. The summed E-state index contributed by atoms with van der Waals surface area (Å²) < 4.78 is 4.89. The predicted octanol–water partition coefficient (Wildman–Crippen LogP) is 1.34. The summed E-state index contributed by atoms with van der Waals surface area (Å²) in [6.45, 7) is 3.93. The van der Waals surface area contributed by atoms with Gasteiger partial charge in [0.15, 0.2) is 6.39 Å². The van der Waals surface area contributed by atoms with Crippen molar-refractivity contribution in [1.29, 1.82) is 0 Å². The molecule has 1 heterocycles. The summed E-state index contributed by atoms with van der Waals surface area (Å²) in [5.74, 6) is -0.0279. The normalized spacial score (nSPS) is 12.5. The lowest BCUT2D eigenvalue weighted by Crippen LogP contribution is -2.28. The lowest BCUT2D eigenvalue weighted by Gasteiger charge is -2.03. The number of alkyl halides is 1. The Balaban J connectivity index is 2.54. The van der Waals surface area contributed by atoms with E-state index in [0.717, 1.165) is 0 Å². The Morgan fingerprint density at radius 3 is 3.00 bits per heavy atom. The van der Waals surface area contributed by atoms with Gasteiger partial charge < -0.3 is 9.73 Å². The summed E-state index contributed by atoms with van der Waals surface area (Å²) in [7, 11) is 0. The molecule has 0 aromatic carbocycles. The SMILES string of the molecule is Cc1ncoc1C(=O)NCC(C)Cl. The van der Waals surface area contributed by atoms with Crippen molar-refractivity contribution in [3.05, 3.63) is 17.8 Å². The summed E-state index contributed by atoms with van der Waals surface area (Å²) in [6, 6.07) is 0. The molecule has 1 N–H and O–H groups in total.